The number of fused-ring (bicyclic) bond motifs is 3. The zero-order valence-corrected chi connectivity index (χ0v) is 21.7. The third-order valence-electron chi connectivity index (χ3n) is 5.90. The number of benzene rings is 3. The first-order chi connectivity index (χ1) is 16.2. The number of hydrogen-bond acceptors (Lipinski definition) is 1. The SMILES string of the molecule is Cc1ccc(-c2[c-]cccc2)nc1.Cc1ccc2[n+](c1)Cc1ccc(-c3ccccc3)cc1-2.[Ir]. The molecule has 6 rings (SSSR count). The molecule has 1 aliphatic heterocycles. The van der Waals surface area contributed by atoms with Crippen LogP contribution in [0.2, 0.25) is 0 Å². The van der Waals surface area contributed by atoms with Crippen LogP contribution >= 0.6 is 0 Å². The summed E-state index contributed by atoms with van der Waals surface area (Å²) in [7, 11) is 0. The fourth-order valence-corrected chi connectivity index (χ4v) is 4.17. The molecule has 34 heavy (non-hydrogen) atoms. The van der Waals surface area contributed by atoms with E-state index in [-0.39, 0.29) is 20.1 Å². The van der Waals surface area contributed by atoms with Crippen LogP contribution in [0, 0.1) is 19.9 Å². The molecule has 5 aromatic rings. The molecule has 3 aromatic carbocycles. The Bertz CT molecular complexity index is 1380. The van der Waals surface area contributed by atoms with Crippen LogP contribution in [-0.2, 0) is 26.7 Å². The molecule has 2 nitrogen and oxygen atoms in total. The van der Waals surface area contributed by atoms with E-state index in [1.54, 1.807) is 0 Å². The van der Waals surface area contributed by atoms with Crippen LogP contribution in [0.5, 0.6) is 0 Å². The van der Waals surface area contributed by atoms with Crippen LogP contribution in [0.4, 0.5) is 0 Å². The Labute approximate surface area is 215 Å². The van der Waals surface area contributed by atoms with Gasteiger partial charge in [0.05, 0.1) is 5.56 Å². The first-order valence-corrected chi connectivity index (χ1v) is 11.3. The van der Waals surface area contributed by atoms with Gasteiger partial charge >= 0.3 is 0 Å². The number of hydrogen-bond donors (Lipinski definition) is 0. The molecule has 0 aliphatic carbocycles. The number of pyridine rings is 2. The number of aryl methyl sites for hydroxylation is 2. The fraction of sp³-hybridized carbons (Fsp3) is 0.0968. The number of nitrogens with zero attached hydrogens (tertiary/aromatic N) is 2. The molecular formula is C31H26IrN2. The fourth-order valence-electron chi connectivity index (χ4n) is 4.17. The molecule has 3 heteroatoms. The first kappa shape index (κ1) is 23.8. The summed E-state index contributed by atoms with van der Waals surface area (Å²) in [4.78, 5) is 4.32. The number of rotatable bonds is 2. The molecule has 0 saturated heterocycles. The molecule has 3 heterocycles. The predicted octanol–water partition coefficient (Wildman–Crippen LogP) is 6.83. The molecule has 0 N–H and O–H groups in total. The van der Waals surface area contributed by atoms with Gasteiger partial charge in [-0.25, -0.2) is 0 Å². The molecule has 0 saturated carbocycles. The van der Waals surface area contributed by atoms with E-state index in [2.05, 4.69) is 95.5 Å². The van der Waals surface area contributed by atoms with E-state index in [4.69, 9.17) is 0 Å². The van der Waals surface area contributed by atoms with Gasteiger partial charge in [-0.1, -0.05) is 54.6 Å². The van der Waals surface area contributed by atoms with Gasteiger partial charge in [0.15, 0.2) is 12.7 Å². The van der Waals surface area contributed by atoms with Crippen LogP contribution in [-0.4, -0.2) is 4.98 Å². The van der Waals surface area contributed by atoms with E-state index in [1.807, 2.05) is 43.5 Å². The third-order valence-corrected chi connectivity index (χ3v) is 5.90. The average Bonchev–Trinajstić information content (AvgIpc) is 3.23. The molecule has 0 amide bonds. The van der Waals surface area contributed by atoms with Crippen molar-refractivity contribution in [3.63, 3.8) is 0 Å². The summed E-state index contributed by atoms with van der Waals surface area (Å²) in [5.74, 6) is 0. The van der Waals surface area contributed by atoms with Crippen molar-refractivity contribution in [1.29, 1.82) is 0 Å². The Morgan fingerprint density at radius 2 is 1.56 bits per heavy atom. The second kappa shape index (κ2) is 10.7. The van der Waals surface area contributed by atoms with Crippen molar-refractivity contribution in [3.8, 4) is 33.6 Å². The Hall–Kier alpha value is -3.39. The summed E-state index contributed by atoms with van der Waals surface area (Å²) >= 11 is 0. The smallest absolute Gasteiger partial charge is 0.213 e. The maximum absolute atomic E-state index is 4.32. The van der Waals surface area contributed by atoms with Crippen LogP contribution in [0.1, 0.15) is 16.7 Å². The summed E-state index contributed by atoms with van der Waals surface area (Å²) in [5, 5.41) is 0. The van der Waals surface area contributed by atoms with Gasteiger partial charge in [-0.15, -0.1) is 35.9 Å². The second-order valence-electron chi connectivity index (χ2n) is 8.45. The van der Waals surface area contributed by atoms with Crippen molar-refractivity contribution in [2.45, 2.75) is 20.4 Å². The van der Waals surface area contributed by atoms with Crippen LogP contribution < -0.4 is 4.57 Å². The Morgan fingerprint density at radius 1 is 0.765 bits per heavy atom. The van der Waals surface area contributed by atoms with Crippen molar-refractivity contribution < 1.29 is 24.7 Å². The maximum atomic E-state index is 4.32. The minimum atomic E-state index is 0. The Kier molecular flexibility index (Phi) is 7.47. The monoisotopic (exact) mass is 619 g/mol. The summed E-state index contributed by atoms with van der Waals surface area (Å²) in [5.41, 5.74) is 11.2. The van der Waals surface area contributed by atoms with Crippen molar-refractivity contribution in [2.24, 2.45) is 0 Å². The first-order valence-electron chi connectivity index (χ1n) is 11.3. The van der Waals surface area contributed by atoms with E-state index in [0.717, 1.165) is 17.8 Å². The second-order valence-corrected chi connectivity index (χ2v) is 8.45. The third kappa shape index (κ3) is 5.22. The van der Waals surface area contributed by atoms with Gasteiger partial charge in [0, 0.05) is 43.5 Å². The van der Waals surface area contributed by atoms with E-state index in [1.165, 1.54) is 39.1 Å². The quantitative estimate of drug-likeness (QED) is 0.154. The van der Waals surface area contributed by atoms with Crippen molar-refractivity contribution >= 4 is 0 Å². The maximum Gasteiger partial charge on any atom is 0.213 e. The predicted molar refractivity (Wildman–Crippen MR) is 135 cm³/mol. The summed E-state index contributed by atoms with van der Waals surface area (Å²) in [6.07, 6.45) is 4.10. The van der Waals surface area contributed by atoms with E-state index in [9.17, 15) is 0 Å². The number of aromatic nitrogens is 2. The standard InChI is InChI=1S/C19H16N.C12H10N.Ir/c1-14-7-10-19-18-11-16(15-5-3-2-4-6-15)8-9-17(18)13-20(19)12-14;1-10-7-8-12(13-9-10)11-5-3-2-4-6-11;/h2-12H,13H2,1H3;2-5,7-9H,1H3;/q+1;-1;. The average molecular weight is 619 g/mol. The van der Waals surface area contributed by atoms with Crippen molar-refractivity contribution in [1.82, 2.24) is 4.98 Å². The van der Waals surface area contributed by atoms with Gasteiger partial charge < -0.3 is 4.98 Å². The molecule has 0 unspecified atom stereocenters. The van der Waals surface area contributed by atoms with E-state index in [0.29, 0.717) is 0 Å². The molecule has 1 aliphatic rings. The molecule has 1 radical (unpaired) electrons. The van der Waals surface area contributed by atoms with Gasteiger partial charge in [-0.2, -0.15) is 4.57 Å². The Morgan fingerprint density at radius 3 is 2.29 bits per heavy atom. The van der Waals surface area contributed by atoms with Crippen molar-refractivity contribution in [3.05, 3.63) is 132 Å². The van der Waals surface area contributed by atoms with E-state index < -0.39 is 0 Å². The van der Waals surface area contributed by atoms with Gasteiger partial charge in [-0.05, 0) is 48.4 Å². The van der Waals surface area contributed by atoms with Crippen LogP contribution in [0.15, 0.2) is 109 Å². The Balaban J connectivity index is 0.000000171. The zero-order valence-electron chi connectivity index (χ0n) is 19.3. The van der Waals surface area contributed by atoms with Gasteiger partial charge in [0.2, 0.25) is 5.69 Å². The topological polar surface area (TPSA) is 16.8 Å². The molecule has 0 spiro atoms. The summed E-state index contributed by atoms with van der Waals surface area (Å²) < 4.78 is 2.34. The van der Waals surface area contributed by atoms with E-state index >= 15 is 0 Å². The van der Waals surface area contributed by atoms with Crippen LogP contribution in [0.25, 0.3) is 33.6 Å². The van der Waals surface area contributed by atoms with Gasteiger partial charge in [-0.3, -0.25) is 0 Å². The normalized spacial score (nSPS) is 10.9. The van der Waals surface area contributed by atoms with Crippen LogP contribution in [0.3, 0.4) is 0 Å². The molecule has 0 bridgehead atoms. The molecule has 169 valence electrons. The minimum absolute atomic E-state index is 0. The van der Waals surface area contributed by atoms with Gasteiger partial charge in [0.1, 0.15) is 0 Å². The molecular weight excluding hydrogens is 593 g/mol. The summed E-state index contributed by atoms with van der Waals surface area (Å²) in [6.45, 7) is 5.17. The zero-order chi connectivity index (χ0) is 22.6. The minimum Gasteiger partial charge on any atom is -0.304 e. The van der Waals surface area contributed by atoms with Crippen molar-refractivity contribution in [2.75, 3.05) is 0 Å². The summed E-state index contributed by atoms with van der Waals surface area (Å²) in [6, 6.07) is 36.9. The molecule has 2 aromatic heterocycles. The van der Waals surface area contributed by atoms with Gasteiger partial charge in [0.25, 0.3) is 0 Å². The largest absolute Gasteiger partial charge is 0.304 e. The molecule has 0 atom stereocenters. The molecule has 0 fully saturated rings.